The molecule has 3 heterocycles. The van der Waals surface area contributed by atoms with Gasteiger partial charge in [-0.1, -0.05) is 0 Å². The highest BCUT2D eigenvalue weighted by Gasteiger charge is 2.25. The highest BCUT2D eigenvalue weighted by molar-refractivity contribution is 7.91. The summed E-state index contributed by atoms with van der Waals surface area (Å²) in [7, 11) is -2.03. The first-order chi connectivity index (χ1) is 11.1. The summed E-state index contributed by atoms with van der Waals surface area (Å²) in [6, 6.07) is 4.85. The summed E-state index contributed by atoms with van der Waals surface area (Å²) in [5.74, 6) is 1.35. The van der Waals surface area contributed by atoms with E-state index in [0.29, 0.717) is 22.8 Å². The minimum atomic E-state index is -3.56. The Morgan fingerprint density at radius 3 is 2.83 bits per heavy atom. The van der Waals surface area contributed by atoms with Crippen molar-refractivity contribution in [2.24, 2.45) is 0 Å². The molecule has 0 saturated heterocycles. The molecule has 24 heavy (non-hydrogen) atoms. The Bertz CT molecular complexity index is 977. The summed E-state index contributed by atoms with van der Waals surface area (Å²) in [6.07, 6.45) is 0.791. The highest BCUT2D eigenvalue weighted by atomic mass is 35.5. The number of methoxy groups -OCH3 is 1. The third kappa shape index (κ3) is 2.61. The predicted octanol–water partition coefficient (Wildman–Crippen LogP) is 3.40. The number of hydrogen-bond acceptors (Lipinski definition) is 6. The van der Waals surface area contributed by atoms with Crippen LogP contribution < -0.4 is 10.1 Å². The quantitative estimate of drug-likeness (QED) is 0.748. The number of furan rings is 1. The molecule has 8 heteroatoms. The Hall–Kier alpha value is -1.54. The van der Waals surface area contributed by atoms with E-state index in [-0.39, 0.29) is 17.3 Å². The van der Waals surface area contributed by atoms with Crippen LogP contribution in [0.3, 0.4) is 0 Å². The van der Waals surface area contributed by atoms with Gasteiger partial charge in [-0.25, -0.2) is 8.42 Å². The molecule has 4 rings (SSSR count). The maximum Gasteiger partial charge on any atom is 0.207 e. The Labute approximate surface area is 150 Å². The second kappa shape index (κ2) is 6.40. The molecule has 0 atom stereocenters. The lowest BCUT2D eigenvalue weighted by Crippen LogP contribution is -2.22. The van der Waals surface area contributed by atoms with E-state index >= 15 is 0 Å². The van der Waals surface area contributed by atoms with E-state index in [2.05, 4.69) is 5.32 Å². The number of ether oxygens (including phenoxy) is 1. The first-order valence-corrected chi connectivity index (χ1v) is 9.64. The maximum absolute atomic E-state index is 12.8. The molecule has 3 aromatic rings. The Kier molecular flexibility index (Phi) is 4.61. The molecule has 0 aliphatic carbocycles. The van der Waals surface area contributed by atoms with Crippen molar-refractivity contribution in [3.8, 4) is 5.75 Å². The van der Waals surface area contributed by atoms with E-state index in [0.717, 1.165) is 29.7 Å². The van der Waals surface area contributed by atoms with Crippen LogP contribution in [0.5, 0.6) is 5.75 Å². The number of thiophene rings is 1. The van der Waals surface area contributed by atoms with Gasteiger partial charge in [-0.2, -0.15) is 11.3 Å². The van der Waals surface area contributed by atoms with Gasteiger partial charge in [-0.3, -0.25) is 0 Å². The van der Waals surface area contributed by atoms with Gasteiger partial charge in [-0.05, 0) is 17.5 Å². The van der Waals surface area contributed by atoms with Crippen molar-refractivity contribution in [1.82, 2.24) is 5.32 Å². The first kappa shape index (κ1) is 17.3. The Balaban J connectivity index is 0.00000169. The third-order valence-corrected chi connectivity index (χ3v) is 6.64. The van der Waals surface area contributed by atoms with Crippen molar-refractivity contribution in [1.29, 1.82) is 0 Å². The molecule has 1 N–H and O–H groups in total. The molecule has 0 radical (unpaired) electrons. The topological polar surface area (TPSA) is 68.5 Å². The molecule has 0 bridgehead atoms. The lowest BCUT2D eigenvalue weighted by molar-refractivity contribution is 0.404. The van der Waals surface area contributed by atoms with Crippen LogP contribution in [0.25, 0.3) is 11.0 Å². The summed E-state index contributed by atoms with van der Waals surface area (Å²) < 4.78 is 36.9. The summed E-state index contributed by atoms with van der Waals surface area (Å²) in [6.45, 7) is 1.53. The van der Waals surface area contributed by atoms with E-state index in [4.69, 9.17) is 9.15 Å². The second-order valence-corrected chi connectivity index (χ2v) is 8.12. The van der Waals surface area contributed by atoms with Crippen molar-refractivity contribution in [3.63, 3.8) is 0 Å². The van der Waals surface area contributed by atoms with Crippen LogP contribution in [0.15, 0.2) is 43.2 Å². The van der Waals surface area contributed by atoms with Crippen molar-refractivity contribution < 1.29 is 17.6 Å². The molecule has 0 saturated carbocycles. The molecular weight excluding hydrogens is 370 g/mol. The normalized spacial score (nSPS) is 14.2. The summed E-state index contributed by atoms with van der Waals surface area (Å²) in [4.78, 5) is 0.536. The number of hydrogen-bond donors (Lipinski definition) is 1. The molecule has 1 aliphatic heterocycles. The fourth-order valence-corrected chi connectivity index (χ4v) is 5.23. The number of benzene rings is 1. The highest BCUT2D eigenvalue weighted by Crippen LogP contribution is 2.38. The number of halogens is 1. The summed E-state index contributed by atoms with van der Waals surface area (Å²) >= 11 is 1.36. The Morgan fingerprint density at radius 1 is 1.29 bits per heavy atom. The SMILES string of the molecule is COc1cc(S(=O)(=O)c2ccsc2)cc2c3c(oc12)CCNC3.Cl. The van der Waals surface area contributed by atoms with Crippen molar-refractivity contribution >= 4 is 44.6 Å². The lowest BCUT2D eigenvalue weighted by Gasteiger charge is -2.11. The first-order valence-electron chi connectivity index (χ1n) is 7.21. The van der Waals surface area contributed by atoms with Crippen molar-refractivity contribution in [3.05, 3.63) is 40.3 Å². The Morgan fingerprint density at radius 2 is 2.12 bits per heavy atom. The van der Waals surface area contributed by atoms with E-state index in [1.165, 1.54) is 24.5 Å². The van der Waals surface area contributed by atoms with Crippen molar-refractivity contribution in [2.45, 2.75) is 22.8 Å². The molecule has 0 fully saturated rings. The molecule has 5 nitrogen and oxygen atoms in total. The number of fused-ring (bicyclic) bond motifs is 3. The van der Waals surface area contributed by atoms with E-state index in [1.807, 2.05) is 0 Å². The van der Waals surface area contributed by atoms with E-state index in [1.54, 1.807) is 22.9 Å². The van der Waals surface area contributed by atoms with Crippen LogP contribution in [0.2, 0.25) is 0 Å². The van der Waals surface area contributed by atoms with Gasteiger partial charge in [0, 0.05) is 41.9 Å². The van der Waals surface area contributed by atoms with Gasteiger partial charge in [0.25, 0.3) is 0 Å². The molecule has 0 amide bonds. The largest absolute Gasteiger partial charge is 0.493 e. The smallest absolute Gasteiger partial charge is 0.207 e. The zero-order valence-electron chi connectivity index (χ0n) is 12.9. The van der Waals surface area contributed by atoms with Crippen LogP contribution in [0, 0.1) is 0 Å². The van der Waals surface area contributed by atoms with Crippen LogP contribution in [0.4, 0.5) is 0 Å². The fraction of sp³-hybridized carbons (Fsp3) is 0.250. The van der Waals surface area contributed by atoms with Crippen LogP contribution in [-0.2, 0) is 22.8 Å². The van der Waals surface area contributed by atoms with Gasteiger partial charge in [0.15, 0.2) is 11.3 Å². The lowest BCUT2D eigenvalue weighted by atomic mass is 10.1. The predicted molar refractivity (Wildman–Crippen MR) is 95.2 cm³/mol. The van der Waals surface area contributed by atoms with Crippen molar-refractivity contribution in [2.75, 3.05) is 13.7 Å². The average Bonchev–Trinajstić information content (AvgIpc) is 3.22. The number of sulfone groups is 1. The molecule has 0 unspecified atom stereocenters. The van der Waals surface area contributed by atoms with E-state index in [9.17, 15) is 8.42 Å². The van der Waals surface area contributed by atoms with Gasteiger partial charge in [0.1, 0.15) is 5.76 Å². The second-order valence-electron chi connectivity index (χ2n) is 5.40. The number of nitrogens with one attached hydrogen (secondary N) is 1. The van der Waals surface area contributed by atoms with Gasteiger partial charge in [-0.15, -0.1) is 12.4 Å². The van der Waals surface area contributed by atoms with Gasteiger partial charge in [0.2, 0.25) is 9.84 Å². The van der Waals surface area contributed by atoms with Crippen LogP contribution in [0.1, 0.15) is 11.3 Å². The molecule has 1 aliphatic rings. The molecule has 1 aromatic carbocycles. The standard InChI is InChI=1S/C16H15NO4S2.ClH/c1-20-15-7-11(23(18,19)10-3-5-22-9-10)6-12-13-8-17-4-2-14(13)21-16(12)15;/h3,5-7,9,17H,2,4,8H2,1H3;1H. The number of rotatable bonds is 3. The molecule has 0 spiro atoms. The minimum Gasteiger partial charge on any atom is -0.493 e. The summed E-state index contributed by atoms with van der Waals surface area (Å²) in [5, 5.41) is 7.49. The fourth-order valence-electron chi connectivity index (χ4n) is 2.90. The van der Waals surface area contributed by atoms with Gasteiger partial charge in [0.05, 0.1) is 16.9 Å². The van der Waals surface area contributed by atoms with E-state index < -0.39 is 9.84 Å². The van der Waals surface area contributed by atoms with Gasteiger partial charge >= 0.3 is 0 Å². The maximum atomic E-state index is 12.8. The monoisotopic (exact) mass is 385 g/mol. The third-order valence-electron chi connectivity index (χ3n) is 4.08. The zero-order valence-corrected chi connectivity index (χ0v) is 15.3. The molecule has 2 aromatic heterocycles. The van der Waals surface area contributed by atoms with Crippen LogP contribution >= 0.6 is 23.7 Å². The zero-order chi connectivity index (χ0) is 16.0. The minimum absolute atomic E-state index is 0. The summed E-state index contributed by atoms with van der Waals surface area (Å²) in [5.41, 5.74) is 1.64. The molecular formula is C16H16ClNO4S2. The average molecular weight is 386 g/mol. The van der Waals surface area contributed by atoms with Gasteiger partial charge < -0.3 is 14.5 Å². The van der Waals surface area contributed by atoms with Crippen LogP contribution in [-0.4, -0.2) is 22.1 Å². The molecule has 128 valence electrons.